The normalized spacial score (nSPS) is 20.2. The zero-order valence-corrected chi connectivity index (χ0v) is 27.4. The lowest BCUT2D eigenvalue weighted by Gasteiger charge is -2.39. The molecule has 2 N–H and O–H groups in total. The molecular formula is C39H39F5N2O4. The molecule has 2 heterocycles. The largest absolute Gasteiger partial charge is 0.392 e. The van der Waals surface area contributed by atoms with Crippen molar-refractivity contribution in [2.75, 3.05) is 19.6 Å². The Hall–Kier alpha value is -4.16. The van der Waals surface area contributed by atoms with Crippen LogP contribution in [0.15, 0.2) is 72.8 Å². The molecule has 11 heteroatoms. The number of nitrogens with zero attached hydrogens (tertiary/aromatic N) is 1. The second kappa shape index (κ2) is 16.2. The van der Waals surface area contributed by atoms with E-state index in [-0.39, 0.29) is 25.4 Å². The Kier molecular flexibility index (Phi) is 11.6. The fourth-order valence-corrected chi connectivity index (χ4v) is 6.62. The van der Waals surface area contributed by atoms with Crippen LogP contribution >= 0.6 is 0 Å². The van der Waals surface area contributed by atoms with Gasteiger partial charge in [-0.2, -0.15) is 0 Å². The Bertz CT molecular complexity index is 1770. The third kappa shape index (κ3) is 8.24. The van der Waals surface area contributed by atoms with E-state index in [0.717, 1.165) is 47.5 Å². The number of ether oxygens (including phenoxy) is 2. The van der Waals surface area contributed by atoms with Crippen LogP contribution in [0.25, 0.3) is 11.1 Å². The van der Waals surface area contributed by atoms with Gasteiger partial charge in [-0.25, -0.2) is 22.0 Å². The van der Waals surface area contributed by atoms with Gasteiger partial charge >= 0.3 is 0 Å². The van der Waals surface area contributed by atoms with Gasteiger partial charge in [-0.05, 0) is 65.9 Å². The van der Waals surface area contributed by atoms with Crippen LogP contribution in [-0.2, 0) is 22.6 Å². The van der Waals surface area contributed by atoms with E-state index in [2.05, 4.69) is 10.2 Å². The van der Waals surface area contributed by atoms with Crippen molar-refractivity contribution in [2.45, 2.75) is 70.2 Å². The maximum absolute atomic E-state index is 14.2. The Morgan fingerprint density at radius 1 is 0.720 bits per heavy atom. The number of carbonyl (C=O) groups excluding carboxylic acids is 1. The molecule has 1 amide bonds. The van der Waals surface area contributed by atoms with E-state index in [1.165, 1.54) is 32.1 Å². The lowest BCUT2D eigenvalue weighted by Crippen LogP contribution is -2.40. The number of rotatable bonds is 9. The number of amides is 1. The van der Waals surface area contributed by atoms with Crippen molar-refractivity contribution in [3.63, 3.8) is 0 Å². The van der Waals surface area contributed by atoms with Crippen LogP contribution < -0.4 is 5.32 Å². The van der Waals surface area contributed by atoms with Crippen molar-refractivity contribution in [2.24, 2.45) is 0 Å². The first-order valence-corrected chi connectivity index (χ1v) is 16.9. The maximum Gasteiger partial charge on any atom is 0.257 e. The summed E-state index contributed by atoms with van der Waals surface area (Å²) in [5.41, 5.74) is 3.21. The summed E-state index contributed by atoms with van der Waals surface area (Å²) in [5, 5.41) is 11.8. The predicted molar refractivity (Wildman–Crippen MR) is 177 cm³/mol. The van der Waals surface area contributed by atoms with Crippen LogP contribution in [0.5, 0.6) is 0 Å². The average Bonchev–Trinajstić information content (AvgIpc) is 3.13. The second-order valence-electron chi connectivity index (χ2n) is 12.9. The molecule has 0 aliphatic carbocycles. The molecule has 0 bridgehead atoms. The smallest absolute Gasteiger partial charge is 0.257 e. The topological polar surface area (TPSA) is 71.0 Å². The fraction of sp³-hybridized carbons (Fsp3) is 0.359. The summed E-state index contributed by atoms with van der Waals surface area (Å²) in [6.07, 6.45) is 5.80. The monoisotopic (exact) mass is 694 g/mol. The fourth-order valence-electron chi connectivity index (χ4n) is 6.62. The molecule has 2 aliphatic rings. The van der Waals surface area contributed by atoms with Crippen LogP contribution in [0, 0.1) is 29.1 Å². The van der Waals surface area contributed by atoms with Gasteiger partial charge in [0.2, 0.25) is 5.82 Å². The van der Waals surface area contributed by atoms with Gasteiger partial charge in [-0.1, -0.05) is 79.9 Å². The Morgan fingerprint density at radius 2 is 1.34 bits per heavy atom. The molecule has 6 nitrogen and oxygen atoms in total. The number of hydrogen-bond acceptors (Lipinski definition) is 5. The van der Waals surface area contributed by atoms with E-state index in [9.17, 15) is 31.9 Å². The summed E-state index contributed by atoms with van der Waals surface area (Å²) in [4.78, 5) is 15.0. The first kappa shape index (κ1) is 35.7. The average molecular weight is 695 g/mol. The van der Waals surface area contributed by atoms with Crippen molar-refractivity contribution < 1.29 is 41.3 Å². The molecule has 2 saturated heterocycles. The number of carbonyl (C=O) groups is 1. The van der Waals surface area contributed by atoms with E-state index in [1.807, 2.05) is 54.6 Å². The van der Waals surface area contributed by atoms with Gasteiger partial charge < -0.3 is 24.8 Å². The first-order valence-electron chi connectivity index (χ1n) is 16.9. The molecule has 0 radical (unpaired) electrons. The minimum Gasteiger partial charge on any atom is -0.392 e. The molecule has 50 heavy (non-hydrogen) atoms. The molecule has 3 atom stereocenters. The zero-order valence-electron chi connectivity index (χ0n) is 27.4. The molecule has 2 fully saturated rings. The van der Waals surface area contributed by atoms with Crippen LogP contribution in [0.3, 0.4) is 0 Å². The van der Waals surface area contributed by atoms with Crippen LogP contribution in [-0.4, -0.2) is 41.7 Å². The van der Waals surface area contributed by atoms with Gasteiger partial charge in [0.05, 0.1) is 18.8 Å². The van der Waals surface area contributed by atoms with E-state index in [0.29, 0.717) is 12.0 Å². The Morgan fingerprint density at radius 3 is 2.02 bits per heavy atom. The number of hydrogen-bond donors (Lipinski definition) is 2. The first-order chi connectivity index (χ1) is 24.2. The van der Waals surface area contributed by atoms with Crippen molar-refractivity contribution >= 4 is 5.91 Å². The second-order valence-corrected chi connectivity index (χ2v) is 12.9. The van der Waals surface area contributed by atoms with E-state index in [1.54, 1.807) is 18.2 Å². The molecule has 6 rings (SSSR count). The van der Waals surface area contributed by atoms with Crippen LogP contribution in [0.4, 0.5) is 22.0 Å². The molecule has 2 aliphatic heterocycles. The van der Waals surface area contributed by atoms with E-state index in [4.69, 9.17) is 9.47 Å². The standard InChI is InChI=1S/C39H39F5N2O4/c40-33-32(34(41)36(43)37(44)35(33)42)38(48)45-21-25-8-6-9-27(18-25)28-10-7-11-29(19-28)39-49-30(22-46-16-4-2-1-3-5-17-46)20-31(50-39)26-14-12-24(23-47)13-15-26/h6-15,18-19,30-31,39,47H,1-5,16-17,20-23H2,(H,45,48). The lowest BCUT2D eigenvalue weighted by atomic mass is 9.98. The quantitative estimate of drug-likeness (QED) is 0.105. The van der Waals surface area contributed by atoms with Crippen molar-refractivity contribution in [3.8, 4) is 11.1 Å². The molecule has 0 spiro atoms. The summed E-state index contributed by atoms with van der Waals surface area (Å²) >= 11 is 0. The maximum atomic E-state index is 14.2. The van der Waals surface area contributed by atoms with E-state index >= 15 is 0 Å². The number of aliphatic hydroxyl groups excluding tert-OH is 1. The third-order valence-corrected chi connectivity index (χ3v) is 9.33. The van der Waals surface area contributed by atoms with Gasteiger partial charge in [0.1, 0.15) is 5.56 Å². The summed E-state index contributed by atoms with van der Waals surface area (Å²) in [5.74, 6) is -12.5. The van der Waals surface area contributed by atoms with Crippen molar-refractivity contribution in [1.82, 2.24) is 10.2 Å². The minimum atomic E-state index is -2.33. The number of aliphatic hydroxyl groups is 1. The van der Waals surface area contributed by atoms with Crippen molar-refractivity contribution in [1.29, 1.82) is 0 Å². The van der Waals surface area contributed by atoms with Gasteiger partial charge in [0.15, 0.2) is 29.6 Å². The predicted octanol–water partition coefficient (Wildman–Crippen LogP) is 8.28. The highest BCUT2D eigenvalue weighted by molar-refractivity contribution is 5.94. The molecular weight excluding hydrogens is 655 g/mol. The summed E-state index contributed by atoms with van der Waals surface area (Å²) in [6, 6.07) is 22.5. The Balaban J connectivity index is 1.20. The number of likely N-dealkylation sites (tertiary alicyclic amines) is 1. The summed E-state index contributed by atoms with van der Waals surface area (Å²) in [6.45, 7) is 2.60. The SMILES string of the molecule is O=C(NCc1cccc(-c2cccc(C3OC(CN4CCCCCCC4)CC(c4ccc(CO)cc4)O3)c2)c1)c1c(F)c(F)c(F)c(F)c1F. The molecule has 4 aromatic rings. The molecule has 0 aromatic heterocycles. The van der Waals surface area contributed by atoms with Gasteiger partial charge in [-0.15, -0.1) is 0 Å². The molecule has 0 saturated carbocycles. The highest BCUT2D eigenvalue weighted by Gasteiger charge is 2.34. The number of halogens is 5. The van der Waals surface area contributed by atoms with Crippen molar-refractivity contribution in [3.05, 3.63) is 130 Å². The highest BCUT2D eigenvalue weighted by atomic mass is 19.2. The van der Waals surface area contributed by atoms with Gasteiger partial charge in [-0.3, -0.25) is 4.79 Å². The third-order valence-electron chi connectivity index (χ3n) is 9.33. The molecule has 264 valence electrons. The summed E-state index contributed by atoms with van der Waals surface area (Å²) < 4.78 is 82.3. The Labute approximate surface area is 287 Å². The highest BCUT2D eigenvalue weighted by Crippen LogP contribution is 2.39. The number of nitrogens with one attached hydrogen (secondary N) is 1. The summed E-state index contributed by atoms with van der Waals surface area (Å²) in [7, 11) is 0. The minimum absolute atomic E-state index is 0.0409. The lowest BCUT2D eigenvalue weighted by molar-refractivity contribution is -0.253. The number of benzene rings is 4. The molecule has 4 aromatic carbocycles. The van der Waals surface area contributed by atoms with Gasteiger partial charge in [0.25, 0.3) is 5.91 Å². The van der Waals surface area contributed by atoms with Gasteiger partial charge in [0, 0.05) is 25.1 Å². The van der Waals surface area contributed by atoms with Crippen LogP contribution in [0.2, 0.25) is 0 Å². The zero-order chi connectivity index (χ0) is 35.2. The molecule has 3 unspecified atom stereocenters. The van der Waals surface area contributed by atoms with E-state index < -0.39 is 46.8 Å². The van der Waals surface area contributed by atoms with Crippen LogP contribution in [0.1, 0.15) is 83.5 Å².